The van der Waals surface area contributed by atoms with E-state index in [9.17, 15) is 4.79 Å². The minimum atomic E-state index is -0.209. The van der Waals surface area contributed by atoms with Crippen LogP contribution in [0, 0.1) is 0 Å². The van der Waals surface area contributed by atoms with Gasteiger partial charge in [0.1, 0.15) is 5.75 Å². The summed E-state index contributed by atoms with van der Waals surface area (Å²) in [4.78, 5) is 18.8. The fourth-order valence-corrected chi connectivity index (χ4v) is 2.73. The predicted octanol–water partition coefficient (Wildman–Crippen LogP) is 4.93. The fraction of sp³-hybridized carbons (Fsp3) is 0.217. The van der Waals surface area contributed by atoms with Gasteiger partial charge >= 0.3 is 0 Å². The molecular weight excluding hydrogens is 364 g/mol. The van der Waals surface area contributed by atoms with Gasteiger partial charge in [-0.2, -0.15) is 0 Å². The molecule has 0 aliphatic rings. The summed E-state index contributed by atoms with van der Waals surface area (Å²) in [6, 6.07) is 17.1. The highest BCUT2D eigenvalue weighted by atomic mass is 16.5. The molecule has 2 N–H and O–H groups in total. The Morgan fingerprint density at radius 1 is 0.931 bits per heavy atom. The molecule has 0 aliphatic carbocycles. The van der Waals surface area contributed by atoms with E-state index in [4.69, 9.17) is 4.74 Å². The monoisotopic (exact) mass is 390 g/mol. The SMILES string of the molecule is CC(C)Oc1ccc(Nc2cncc(C(=O)Nc3ccc(N(C)C)cc3)c2)cc1. The zero-order valence-electron chi connectivity index (χ0n) is 17.1. The van der Waals surface area contributed by atoms with Gasteiger partial charge < -0.3 is 20.3 Å². The van der Waals surface area contributed by atoms with E-state index < -0.39 is 0 Å². The Balaban J connectivity index is 1.66. The van der Waals surface area contributed by atoms with Crippen molar-refractivity contribution in [2.24, 2.45) is 0 Å². The van der Waals surface area contributed by atoms with E-state index in [-0.39, 0.29) is 12.0 Å². The first-order chi connectivity index (χ1) is 13.9. The normalized spacial score (nSPS) is 10.5. The van der Waals surface area contributed by atoms with Gasteiger partial charge in [-0.05, 0) is 68.4 Å². The highest BCUT2D eigenvalue weighted by molar-refractivity contribution is 6.04. The van der Waals surface area contributed by atoms with Gasteiger partial charge in [0.15, 0.2) is 0 Å². The molecule has 0 spiro atoms. The van der Waals surface area contributed by atoms with Crippen LogP contribution in [-0.2, 0) is 0 Å². The summed E-state index contributed by atoms with van der Waals surface area (Å²) in [5.74, 6) is 0.608. The van der Waals surface area contributed by atoms with E-state index >= 15 is 0 Å². The maximum absolute atomic E-state index is 12.6. The minimum absolute atomic E-state index is 0.132. The molecule has 6 heteroatoms. The molecule has 1 amide bonds. The van der Waals surface area contributed by atoms with Crippen LogP contribution in [0.5, 0.6) is 5.75 Å². The third-order valence-electron chi connectivity index (χ3n) is 4.16. The molecule has 3 rings (SSSR count). The molecule has 6 nitrogen and oxygen atoms in total. The van der Waals surface area contributed by atoms with Gasteiger partial charge in [0, 0.05) is 37.4 Å². The van der Waals surface area contributed by atoms with E-state index in [0.29, 0.717) is 5.56 Å². The highest BCUT2D eigenvalue weighted by Crippen LogP contribution is 2.22. The van der Waals surface area contributed by atoms with Crippen LogP contribution in [0.1, 0.15) is 24.2 Å². The van der Waals surface area contributed by atoms with E-state index in [0.717, 1.165) is 28.5 Å². The third-order valence-corrected chi connectivity index (χ3v) is 4.16. The van der Waals surface area contributed by atoms with Crippen LogP contribution in [0.4, 0.5) is 22.7 Å². The summed E-state index contributed by atoms with van der Waals surface area (Å²) in [6.07, 6.45) is 3.36. The lowest BCUT2D eigenvalue weighted by molar-refractivity contribution is 0.102. The average molecular weight is 390 g/mol. The Labute approximate surface area is 171 Å². The lowest BCUT2D eigenvalue weighted by Gasteiger charge is -2.13. The van der Waals surface area contributed by atoms with E-state index in [1.54, 1.807) is 18.5 Å². The number of pyridine rings is 1. The lowest BCUT2D eigenvalue weighted by atomic mass is 10.2. The van der Waals surface area contributed by atoms with Crippen LogP contribution in [0.3, 0.4) is 0 Å². The molecule has 29 heavy (non-hydrogen) atoms. The highest BCUT2D eigenvalue weighted by Gasteiger charge is 2.08. The third kappa shape index (κ3) is 5.72. The topological polar surface area (TPSA) is 66.5 Å². The summed E-state index contributed by atoms with van der Waals surface area (Å²) in [5.41, 5.74) is 3.91. The zero-order valence-corrected chi connectivity index (χ0v) is 17.1. The first-order valence-corrected chi connectivity index (χ1v) is 9.48. The number of hydrogen-bond donors (Lipinski definition) is 2. The second-order valence-corrected chi connectivity index (χ2v) is 7.17. The molecule has 1 aromatic heterocycles. The number of hydrogen-bond acceptors (Lipinski definition) is 5. The maximum atomic E-state index is 12.6. The van der Waals surface area contributed by atoms with Gasteiger partial charge in [0.25, 0.3) is 5.91 Å². The van der Waals surface area contributed by atoms with Crippen LogP contribution in [0.2, 0.25) is 0 Å². The number of ether oxygens (including phenoxy) is 1. The van der Waals surface area contributed by atoms with Crippen LogP contribution >= 0.6 is 0 Å². The van der Waals surface area contributed by atoms with Gasteiger partial charge in [-0.1, -0.05) is 0 Å². The van der Waals surface area contributed by atoms with Crippen molar-refractivity contribution in [3.63, 3.8) is 0 Å². The number of aromatic nitrogens is 1. The average Bonchev–Trinajstić information content (AvgIpc) is 2.70. The molecule has 0 saturated carbocycles. The molecule has 1 heterocycles. The van der Waals surface area contributed by atoms with Crippen molar-refractivity contribution in [3.05, 3.63) is 72.6 Å². The smallest absolute Gasteiger partial charge is 0.257 e. The van der Waals surface area contributed by atoms with Crippen LogP contribution in [0.25, 0.3) is 0 Å². The number of carbonyl (C=O) groups is 1. The Hall–Kier alpha value is -3.54. The van der Waals surface area contributed by atoms with Crippen molar-refractivity contribution in [1.29, 1.82) is 0 Å². The molecule has 2 aromatic carbocycles. The summed E-state index contributed by atoms with van der Waals surface area (Å²) in [5, 5.41) is 6.16. The van der Waals surface area contributed by atoms with Crippen LogP contribution in [0.15, 0.2) is 67.0 Å². The van der Waals surface area contributed by atoms with Gasteiger partial charge in [0.05, 0.1) is 23.6 Å². The van der Waals surface area contributed by atoms with E-state index in [2.05, 4.69) is 15.6 Å². The van der Waals surface area contributed by atoms with Gasteiger partial charge in [0.2, 0.25) is 0 Å². The molecule has 0 fully saturated rings. The number of anilines is 4. The number of nitrogens with one attached hydrogen (secondary N) is 2. The number of amides is 1. The quantitative estimate of drug-likeness (QED) is 0.599. The number of rotatable bonds is 7. The maximum Gasteiger partial charge on any atom is 0.257 e. The number of benzene rings is 2. The summed E-state index contributed by atoms with van der Waals surface area (Å²) in [7, 11) is 3.95. The van der Waals surface area contributed by atoms with Crippen LogP contribution in [-0.4, -0.2) is 31.1 Å². The van der Waals surface area contributed by atoms with Crippen molar-refractivity contribution in [3.8, 4) is 5.75 Å². The van der Waals surface area contributed by atoms with Crippen molar-refractivity contribution >= 4 is 28.7 Å². The van der Waals surface area contributed by atoms with Crippen molar-refractivity contribution in [2.75, 3.05) is 29.6 Å². The molecule has 0 radical (unpaired) electrons. The molecule has 3 aromatic rings. The standard InChI is InChI=1S/C23H26N4O2/c1-16(2)29-22-11-7-18(8-12-22)25-20-13-17(14-24-15-20)23(28)26-19-5-9-21(10-6-19)27(3)4/h5-16,25H,1-4H3,(H,26,28). The first kappa shape index (κ1) is 20.2. The van der Waals surface area contributed by atoms with Crippen molar-refractivity contribution < 1.29 is 9.53 Å². The largest absolute Gasteiger partial charge is 0.491 e. The van der Waals surface area contributed by atoms with Gasteiger partial charge in [-0.3, -0.25) is 9.78 Å². The summed E-state index contributed by atoms with van der Waals surface area (Å²) < 4.78 is 5.65. The molecule has 0 aliphatic heterocycles. The Morgan fingerprint density at radius 2 is 1.59 bits per heavy atom. The van der Waals surface area contributed by atoms with Crippen molar-refractivity contribution in [1.82, 2.24) is 4.98 Å². The molecule has 0 atom stereocenters. The number of nitrogens with zero attached hydrogens (tertiary/aromatic N) is 2. The second kappa shape index (κ2) is 9.10. The minimum Gasteiger partial charge on any atom is -0.491 e. The zero-order chi connectivity index (χ0) is 20.8. The molecule has 0 bridgehead atoms. The fourth-order valence-electron chi connectivity index (χ4n) is 2.73. The predicted molar refractivity (Wildman–Crippen MR) is 118 cm³/mol. The molecule has 0 unspecified atom stereocenters. The second-order valence-electron chi connectivity index (χ2n) is 7.17. The molecule has 0 saturated heterocycles. The van der Waals surface area contributed by atoms with Gasteiger partial charge in [-0.25, -0.2) is 0 Å². The van der Waals surface area contributed by atoms with Gasteiger partial charge in [-0.15, -0.1) is 0 Å². The molecule has 150 valence electrons. The first-order valence-electron chi connectivity index (χ1n) is 9.48. The van der Waals surface area contributed by atoms with Crippen molar-refractivity contribution in [2.45, 2.75) is 20.0 Å². The molecular formula is C23H26N4O2. The summed E-state index contributed by atoms with van der Waals surface area (Å²) in [6.45, 7) is 3.98. The Bertz CT molecular complexity index is 951. The lowest BCUT2D eigenvalue weighted by Crippen LogP contribution is -2.13. The Kier molecular flexibility index (Phi) is 6.34. The number of carbonyl (C=O) groups excluding carboxylic acids is 1. The van der Waals surface area contributed by atoms with E-state index in [1.165, 1.54) is 0 Å². The van der Waals surface area contributed by atoms with Crippen LogP contribution < -0.4 is 20.3 Å². The summed E-state index contributed by atoms with van der Waals surface area (Å²) >= 11 is 0. The Morgan fingerprint density at radius 3 is 2.21 bits per heavy atom. The van der Waals surface area contributed by atoms with E-state index in [1.807, 2.05) is 81.4 Å².